The van der Waals surface area contributed by atoms with Gasteiger partial charge in [0.15, 0.2) is 0 Å². The quantitative estimate of drug-likeness (QED) is 0.736. The molecule has 0 aliphatic carbocycles. The van der Waals surface area contributed by atoms with Crippen molar-refractivity contribution >= 4 is 11.0 Å². The Kier molecular flexibility index (Phi) is 3.70. The van der Waals surface area contributed by atoms with Gasteiger partial charge in [0.2, 0.25) is 11.2 Å². The van der Waals surface area contributed by atoms with E-state index in [2.05, 4.69) is 0 Å². The van der Waals surface area contributed by atoms with Crippen molar-refractivity contribution in [1.82, 2.24) is 0 Å². The van der Waals surface area contributed by atoms with Gasteiger partial charge >= 0.3 is 0 Å². The van der Waals surface area contributed by atoms with E-state index in [0.717, 1.165) is 0 Å². The first-order valence-electron chi connectivity index (χ1n) is 6.63. The molecule has 0 spiro atoms. The number of methoxy groups -OCH3 is 2. The van der Waals surface area contributed by atoms with Gasteiger partial charge in [0.05, 0.1) is 19.6 Å². The lowest BCUT2D eigenvalue weighted by Crippen LogP contribution is -2.04. The summed E-state index contributed by atoms with van der Waals surface area (Å²) in [7, 11) is 3.14. The molecule has 112 valence electrons. The molecule has 0 N–H and O–H groups in total. The van der Waals surface area contributed by atoms with Gasteiger partial charge in [0, 0.05) is 6.07 Å². The van der Waals surface area contributed by atoms with E-state index in [-0.39, 0.29) is 11.2 Å². The van der Waals surface area contributed by atoms with Crippen LogP contribution in [0.5, 0.6) is 23.0 Å². The minimum absolute atomic E-state index is 0.128. The van der Waals surface area contributed by atoms with Crippen LogP contribution in [0.1, 0.15) is 0 Å². The van der Waals surface area contributed by atoms with E-state index in [4.69, 9.17) is 18.6 Å². The highest BCUT2D eigenvalue weighted by atomic mass is 16.5. The third-order valence-electron chi connectivity index (χ3n) is 3.24. The van der Waals surface area contributed by atoms with Crippen molar-refractivity contribution in [2.75, 3.05) is 14.2 Å². The zero-order chi connectivity index (χ0) is 15.5. The number of ether oxygens (including phenoxy) is 3. The van der Waals surface area contributed by atoms with Crippen LogP contribution in [0.3, 0.4) is 0 Å². The van der Waals surface area contributed by atoms with Crippen LogP contribution in [-0.2, 0) is 0 Å². The van der Waals surface area contributed by atoms with E-state index >= 15 is 0 Å². The first-order valence-corrected chi connectivity index (χ1v) is 6.63. The fourth-order valence-electron chi connectivity index (χ4n) is 2.06. The summed E-state index contributed by atoms with van der Waals surface area (Å²) in [5, 5.41) is 0.437. The number of rotatable bonds is 4. The van der Waals surface area contributed by atoms with Crippen LogP contribution in [0.15, 0.2) is 57.9 Å². The SMILES string of the molecule is COc1ccc(Oc2coc3cc(OC)ccc3c2=O)cc1. The highest BCUT2D eigenvalue weighted by molar-refractivity contribution is 5.79. The first kappa shape index (κ1) is 14.0. The van der Waals surface area contributed by atoms with E-state index in [0.29, 0.717) is 28.2 Å². The lowest BCUT2D eigenvalue weighted by Gasteiger charge is -2.07. The average molecular weight is 298 g/mol. The Morgan fingerprint density at radius 2 is 1.50 bits per heavy atom. The Bertz CT molecular complexity index is 849. The Labute approximate surface area is 126 Å². The third-order valence-corrected chi connectivity index (χ3v) is 3.24. The minimum atomic E-state index is -0.236. The Hall–Kier alpha value is -2.95. The smallest absolute Gasteiger partial charge is 0.235 e. The number of fused-ring (bicyclic) bond motifs is 1. The summed E-state index contributed by atoms with van der Waals surface area (Å²) in [5.41, 5.74) is 0.214. The molecule has 3 rings (SSSR count). The summed E-state index contributed by atoms with van der Waals surface area (Å²) >= 11 is 0. The van der Waals surface area contributed by atoms with Crippen molar-refractivity contribution in [1.29, 1.82) is 0 Å². The van der Waals surface area contributed by atoms with Gasteiger partial charge in [0.1, 0.15) is 29.1 Å². The highest BCUT2D eigenvalue weighted by Gasteiger charge is 2.10. The van der Waals surface area contributed by atoms with Crippen LogP contribution in [0.25, 0.3) is 11.0 Å². The molecule has 3 aromatic rings. The standard InChI is InChI=1S/C17H14O5/c1-19-11-3-5-12(6-4-11)22-16-10-21-15-9-13(20-2)7-8-14(15)17(16)18/h3-10H,1-2H3. The zero-order valence-electron chi connectivity index (χ0n) is 12.2. The molecule has 0 amide bonds. The molecule has 0 atom stereocenters. The van der Waals surface area contributed by atoms with E-state index < -0.39 is 0 Å². The second-order valence-electron chi connectivity index (χ2n) is 4.57. The molecule has 0 saturated carbocycles. The molecule has 0 aliphatic rings. The van der Waals surface area contributed by atoms with Crippen LogP contribution in [0, 0.1) is 0 Å². The summed E-state index contributed by atoms with van der Waals surface area (Å²) < 4.78 is 21.2. The molecule has 0 unspecified atom stereocenters. The monoisotopic (exact) mass is 298 g/mol. The summed E-state index contributed by atoms with van der Waals surface area (Å²) in [6.45, 7) is 0. The molecular weight excluding hydrogens is 284 g/mol. The average Bonchev–Trinajstić information content (AvgIpc) is 2.57. The van der Waals surface area contributed by atoms with Crippen LogP contribution in [0.4, 0.5) is 0 Å². The maximum Gasteiger partial charge on any atom is 0.235 e. The van der Waals surface area contributed by atoms with Crippen molar-refractivity contribution in [2.24, 2.45) is 0 Å². The van der Waals surface area contributed by atoms with Crippen LogP contribution in [-0.4, -0.2) is 14.2 Å². The lowest BCUT2D eigenvalue weighted by molar-refractivity contribution is 0.411. The van der Waals surface area contributed by atoms with Gasteiger partial charge < -0.3 is 18.6 Å². The normalized spacial score (nSPS) is 10.5. The van der Waals surface area contributed by atoms with Gasteiger partial charge in [-0.3, -0.25) is 4.79 Å². The van der Waals surface area contributed by atoms with E-state index in [1.807, 2.05) is 0 Å². The predicted octanol–water partition coefficient (Wildman–Crippen LogP) is 3.60. The summed E-state index contributed by atoms with van der Waals surface area (Å²) in [5.74, 6) is 1.99. The second-order valence-corrected chi connectivity index (χ2v) is 4.57. The fourth-order valence-corrected chi connectivity index (χ4v) is 2.06. The van der Waals surface area contributed by atoms with Gasteiger partial charge in [-0.25, -0.2) is 0 Å². The summed E-state index contributed by atoms with van der Waals surface area (Å²) in [6.07, 6.45) is 1.30. The van der Waals surface area contributed by atoms with Crippen LogP contribution in [0.2, 0.25) is 0 Å². The first-order chi connectivity index (χ1) is 10.7. The number of hydrogen-bond acceptors (Lipinski definition) is 5. The molecular formula is C17H14O5. The Morgan fingerprint density at radius 3 is 2.18 bits per heavy atom. The Morgan fingerprint density at radius 1 is 0.864 bits per heavy atom. The number of benzene rings is 2. The molecule has 22 heavy (non-hydrogen) atoms. The van der Waals surface area contributed by atoms with Gasteiger partial charge in [-0.15, -0.1) is 0 Å². The molecule has 0 fully saturated rings. The number of hydrogen-bond donors (Lipinski definition) is 0. The molecule has 1 heterocycles. The molecule has 1 aromatic heterocycles. The van der Waals surface area contributed by atoms with Gasteiger partial charge in [0.25, 0.3) is 0 Å². The Balaban J connectivity index is 1.97. The fraction of sp³-hybridized carbons (Fsp3) is 0.118. The van der Waals surface area contributed by atoms with Crippen LogP contribution >= 0.6 is 0 Å². The summed E-state index contributed by atoms with van der Waals surface area (Å²) in [6, 6.07) is 12.0. The van der Waals surface area contributed by atoms with Crippen molar-refractivity contribution in [3.05, 3.63) is 59.0 Å². The largest absolute Gasteiger partial charge is 0.497 e. The zero-order valence-corrected chi connectivity index (χ0v) is 12.2. The molecule has 5 heteroatoms. The maximum absolute atomic E-state index is 12.4. The van der Waals surface area contributed by atoms with Crippen molar-refractivity contribution < 1.29 is 18.6 Å². The van der Waals surface area contributed by atoms with E-state index in [1.54, 1.807) is 56.7 Å². The molecule has 5 nitrogen and oxygen atoms in total. The molecule has 0 bridgehead atoms. The topological polar surface area (TPSA) is 57.9 Å². The van der Waals surface area contributed by atoms with Gasteiger partial charge in [-0.2, -0.15) is 0 Å². The summed E-state index contributed by atoms with van der Waals surface area (Å²) in [4.78, 5) is 12.4. The molecule has 0 radical (unpaired) electrons. The highest BCUT2D eigenvalue weighted by Crippen LogP contribution is 2.25. The molecule has 0 saturated heterocycles. The third kappa shape index (κ3) is 2.61. The maximum atomic E-state index is 12.4. The van der Waals surface area contributed by atoms with Crippen molar-refractivity contribution in [3.8, 4) is 23.0 Å². The van der Waals surface area contributed by atoms with Crippen LogP contribution < -0.4 is 19.6 Å². The van der Waals surface area contributed by atoms with Gasteiger partial charge in [-0.05, 0) is 36.4 Å². The van der Waals surface area contributed by atoms with E-state index in [1.165, 1.54) is 6.26 Å². The molecule has 0 aliphatic heterocycles. The predicted molar refractivity (Wildman–Crippen MR) is 82.1 cm³/mol. The minimum Gasteiger partial charge on any atom is -0.497 e. The van der Waals surface area contributed by atoms with E-state index in [9.17, 15) is 4.79 Å². The van der Waals surface area contributed by atoms with Crippen molar-refractivity contribution in [3.63, 3.8) is 0 Å². The van der Waals surface area contributed by atoms with Gasteiger partial charge in [-0.1, -0.05) is 0 Å². The molecule has 2 aromatic carbocycles. The second kappa shape index (κ2) is 5.81. The lowest BCUT2D eigenvalue weighted by atomic mass is 10.2. The van der Waals surface area contributed by atoms with Crippen molar-refractivity contribution in [2.45, 2.75) is 0 Å².